The van der Waals surface area contributed by atoms with Crippen molar-refractivity contribution in [1.29, 1.82) is 0 Å². The summed E-state index contributed by atoms with van der Waals surface area (Å²) in [7, 11) is 0. The monoisotopic (exact) mass is 276 g/mol. The highest BCUT2D eigenvalue weighted by Crippen LogP contribution is 2.22. The molecule has 6 heteroatoms. The van der Waals surface area contributed by atoms with E-state index in [1.54, 1.807) is 31.2 Å². The Morgan fingerprint density at radius 3 is 2.15 bits per heavy atom. The molecule has 0 saturated carbocycles. The number of hydrogen-bond donors (Lipinski definition) is 2. The Balaban J connectivity index is 2.16. The topological polar surface area (TPSA) is 86.7 Å². The molecular weight excluding hydrogens is 260 g/mol. The summed E-state index contributed by atoms with van der Waals surface area (Å²) in [6.45, 7) is 3.12. The lowest BCUT2D eigenvalue weighted by Gasteiger charge is -2.27. The zero-order valence-corrected chi connectivity index (χ0v) is 11.3. The van der Waals surface area contributed by atoms with E-state index < -0.39 is 23.3 Å². The van der Waals surface area contributed by atoms with Crippen LogP contribution < -0.4 is 5.32 Å². The van der Waals surface area contributed by atoms with Crippen LogP contribution in [0.2, 0.25) is 0 Å². The first-order valence-corrected chi connectivity index (χ1v) is 6.34. The van der Waals surface area contributed by atoms with Crippen molar-refractivity contribution in [2.24, 2.45) is 0 Å². The highest BCUT2D eigenvalue weighted by Gasteiger charge is 2.37. The molecule has 0 aromatic heterocycles. The summed E-state index contributed by atoms with van der Waals surface area (Å²) in [5.74, 6) is -1.82. The maximum absolute atomic E-state index is 12.1. The summed E-state index contributed by atoms with van der Waals surface area (Å²) >= 11 is 0. The summed E-state index contributed by atoms with van der Waals surface area (Å²) in [6.07, 6.45) is 0.339. The van der Waals surface area contributed by atoms with Crippen LogP contribution in [0.25, 0.3) is 0 Å². The Labute approximate surface area is 116 Å². The molecule has 0 aliphatic carbocycles. The number of fused-ring (bicyclic) bond motifs is 1. The van der Waals surface area contributed by atoms with Crippen LogP contribution in [0.4, 0.5) is 0 Å². The van der Waals surface area contributed by atoms with Crippen molar-refractivity contribution in [3.63, 3.8) is 0 Å². The molecule has 1 heterocycles. The van der Waals surface area contributed by atoms with Crippen molar-refractivity contribution in [2.75, 3.05) is 6.67 Å². The van der Waals surface area contributed by atoms with Crippen LogP contribution in [0.5, 0.6) is 0 Å². The molecule has 20 heavy (non-hydrogen) atoms. The summed E-state index contributed by atoms with van der Waals surface area (Å²) in [5.41, 5.74) is -0.462. The number of rotatable bonds is 5. The fourth-order valence-electron chi connectivity index (χ4n) is 1.99. The molecule has 1 unspecified atom stereocenters. The Morgan fingerprint density at radius 2 is 1.75 bits per heavy atom. The minimum absolute atomic E-state index is 0.122. The van der Waals surface area contributed by atoms with Gasteiger partial charge in [0.25, 0.3) is 11.8 Å². The van der Waals surface area contributed by atoms with Gasteiger partial charge in [-0.3, -0.25) is 24.6 Å². The molecule has 2 N–H and O–H groups in total. The third kappa shape index (κ3) is 2.18. The number of carboxylic acids is 1. The van der Waals surface area contributed by atoms with Gasteiger partial charge in [0, 0.05) is 0 Å². The van der Waals surface area contributed by atoms with Crippen LogP contribution in [-0.2, 0) is 4.79 Å². The fourth-order valence-corrected chi connectivity index (χ4v) is 1.99. The molecule has 1 aliphatic rings. The van der Waals surface area contributed by atoms with Crippen molar-refractivity contribution in [3.05, 3.63) is 35.4 Å². The van der Waals surface area contributed by atoms with E-state index in [9.17, 15) is 14.4 Å². The minimum atomic E-state index is -1.17. The number of nitrogens with zero attached hydrogens (tertiary/aromatic N) is 1. The van der Waals surface area contributed by atoms with Crippen LogP contribution in [-0.4, -0.2) is 40.0 Å². The molecule has 1 atom stereocenters. The van der Waals surface area contributed by atoms with Gasteiger partial charge in [0.2, 0.25) is 0 Å². The van der Waals surface area contributed by atoms with Crippen LogP contribution in [0.15, 0.2) is 24.3 Å². The minimum Gasteiger partial charge on any atom is -0.480 e. The van der Waals surface area contributed by atoms with Gasteiger partial charge in [0.05, 0.1) is 17.8 Å². The third-order valence-corrected chi connectivity index (χ3v) is 3.68. The maximum Gasteiger partial charge on any atom is 0.323 e. The van der Waals surface area contributed by atoms with E-state index in [1.165, 1.54) is 6.92 Å². The number of amides is 2. The second kappa shape index (κ2) is 5.05. The average Bonchev–Trinajstić information content (AvgIpc) is 2.69. The van der Waals surface area contributed by atoms with Crippen molar-refractivity contribution >= 4 is 17.8 Å². The molecule has 1 aliphatic heterocycles. The Morgan fingerprint density at radius 1 is 1.25 bits per heavy atom. The SMILES string of the molecule is CCC(C)(NCN1C(=O)c2ccccc2C1=O)C(=O)O. The predicted molar refractivity (Wildman–Crippen MR) is 71.3 cm³/mol. The number of imide groups is 1. The first-order chi connectivity index (χ1) is 9.40. The van der Waals surface area contributed by atoms with Crippen molar-refractivity contribution in [2.45, 2.75) is 25.8 Å². The average molecular weight is 276 g/mol. The predicted octanol–water partition coefficient (Wildman–Crippen LogP) is 1.08. The number of hydrogen-bond acceptors (Lipinski definition) is 4. The van der Waals surface area contributed by atoms with Gasteiger partial charge in [-0.2, -0.15) is 0 Å². The summed E-state index contributed by atoms with van der Waals surface area (Å²) in [6, 6.07) is 6.56. The highest BCUT2D eigenvalue weighted by molar-refractivity contribution is 6.21. The Bertz CT molecular complexity index is 549. The number of carbonyl (C=O) groups excluding carboxylic acids is 2. The molecule has 0 spiro atoms. The Hall–Kier alpha value is -2.21. The molecule has 1 aromatic rings. The third-order valence-electron chi connectivity index (χ3n) is 3.68. The van der Waals surface area contributed by atoms with E-state index in [4.69, 9.17) is 5.11 Å². The van der Waals surface area contributed by atoms with Crippen molar-refractivity contribution < 1.29 is 19.5 Å². The van der Waals surface area contributed by atoms with Gasteiger partial charge in [0.1, 0.15) is 5.54 Å². The number of benzene rings is 1. The summed E-state index contributed by atoms with van der Waals surface area (Å²) in [4.78, 5) is 36.4. The number of nitrogens with one attached hydrogen (secondary N) is 1. The highest BCUT2D eigenvalue weighted by atomic mass is 16.4. The van der Waals surface area contributed by atoms with Crippen molar-refractivity contribution in [1.82, 2.24) is 10.2 Å². The molecule has 0 fully saturated rings. The number of carbonyl (C=O) groups is 3. The van der Waals surface area contributed by atoms with Gasteiger partial charge in [-0.05, 0) is 25.5 Å². The molecule has 0 radical (unpaired) electrons. The number of aliphatic carboxylic acids is 1. The van der Waals surface area contributed by atoms with Crippen LogP contribution in [0.1, 0.15) is 41.0 Å². The second-order valence-electron chi connectivity index (χ2n) is 4.91. The smallest absolute Gasteiger partial charge is 0.323 e. The van der Waals surface area contributed by atoms with Crippen LogP contribution >= 0.6 is 0 Å². The summed E-state index contributed by atoms with van der Waals surface area (Å²) in [5, 5.41) is 11.9. The molecular formula is C14H16N2O4. The van der Waals surface area contributed by atoms with Gasteiger partial charge in [-0.1, -0.05) is 19.1 Å². The normalized spacial score (nSPS) is 17.0. The lowest BCUT2D eigenvalue weighted by molar-refractivity contribution is -0.144. The van der Waals surface area contributed by atoms with Gasteiger partial charge < -0.3 is 5.11 Å². The largest absolute Gasteiger partial charge is 0.480 e. The van der Waals surface area contributed by atoms with Crippen LogP contribution in [0, 0.1) is 0 Å². The van der Waals surface area contributed by atoms with E-state index in [2.05, 4.69) is 5.32 Å². The molecule has 6 nitrogen and oxygen atoms in total. The lowest BCUT2D eigenvalue weighted by atomic mass is 10.00. The van der Waals surface area contributed by atoms with E-state index >= 15 is 0 Å². The molecule has 0 saturated heterocycles. The molecule has 106 valence electrons. The lowest BCUT2D eigenvalue weighted by Crippen LogP contribution is -2.53. The molecule has 1 aromatic carbocycles. The maximum atomic E-state index is 12.1. The van der Waals surface area contributed by atoms with Crippen LogP contribution in [0.3, 0.4) is 0 Å². The summed E-state index contributed by atoms with van der Waals surface area (Å²) < 4.78 is 0. The molecule has 0 bridgehead atoms. The zero-order valence-electron chi connectivity index (χ0n) is 11.3. The van der Waals surface area contributed by atoms with Gasteiger partial charge >= 0.3 is 5.97 Å². The standard InChI is InChI=1S/C14H16N2O4/c1-3-14(2,13(19)20)15-8-16-11(17)9-6-4-5-7-10(9)12(16)18/h4-7,15H,3,8H2,1-2H3,(H,19,20). The first-order valence-electron chi connectivity index (χ1n) is 6.34. The van der Waals surface area contributed by atoms with E-state index in [1.807, 2.05) is 0 Å². The van der Waals surface area contributed by atoms with Gasteiger partial charge in [0.15, 0.2) is 0 Å². The number of carboxylic acid groups (broad SMARTS) is 1. The van der Waals surface area contributed by atoms with Gasteiger partial charge in [-0.15, -0.1) is 0 Å². The van der Waals surface area contributed by atoms with E-state index in [0.29, 0.717) is 17.5 Å². The fraction of sp³-hybridized carbons (Fsp3) is 0.357. The van der Waals surface area contributed by atoms with E-state index in [0.717, 1.165) is 4.90 Å². The van der Waals surface area contributed by atoms with Gasteiger partial charge in [-0.25, -0.2) is 0 Å². The molecule has 2 amide bonds. The quantitative estimate of drug-likeness (QED) is 0.786. The van der Waals surface area contributed by atoms with E-state index in [-0.39, 0.29) is 6.67 Å². The zero-order chi connectivity index (χ0) is 14.9. The first kappa shape index (κ1) is 14.2. The second-order valence-corrected chi connectivity index (χ2v) is 4.91. The Kier molecular flexibility index (Phi) is 3.59. The molecule has 2 rings (SSSR count). The van der Waals surface area contributed by atoms with Crippen molar-refractivity contribution in [3.8, 4) is 0 Å².